The first-order valence-corrected chi connectivity index (χ1v) is 11.7. The van der Waals surface area contributed by atoms with E-state index in [2.05, 4.69) is 15.0 Å². The van der Waals surface area contributed by atoms with Crippen molar-refractivity contribution in [2.24, 2.45) is 5.92 Å². The summed E-state index contributed by atoms with van der Waals surface area (Å²) in [6.07, 6.45) is 2.83. The van der Waals surface area contributed by atoms with Gasteiger partial charge in [-0.15, -0.1) is 12.4 Å². The Morgan fingerprint density at radius 1 is 0.973 bits per heavy atom. The zero-order chi connectivity index (χ0) is 26.2. The molecule has 1 saturated heterocycles. The molecule has 11 heteroatoms. The van der Waals surface area contributed by atoms with Crippen molar-refractivity contribution >= 4 is 47.5 Å². The van der Waals surface area contributed by atoms with Crippen LogP contribution in [0.4, 0.5) is 8.78 Å². The number of ether oxygens (including phenoxy) is 2. The number of nitrogens with one attached hydrogen (secondary N) is 1. The quantitative estimate of drug-likeness (QED) is 0.362. The van der Waals surface area contributed by atoms with Crippen molar-refractivity contribution in [3.05, 3.63) is 87.5 Å². The van der Waals surface area contributed by atoms with E-state index >= 15 is 0 Å². The summed E-state index contributed by atoms with van der Waals surface area (Å²) in [5, 5.41) is 3.43. The Bertz CT molecular complexity index is 1250. The zero-order valence-corrected chi connectivity index (χ0v) is 22.3. The van der Waals surface area contributed by atoms with Crippen molar-refractivity contribution in [3.8, 4) is 11.3 Å². The van der Waals surface area contributed by atoms with Crippen LogP contribution in [-0.2, 0) is 14.3 Å². The topological polar surface area (TPSA) is 77.5 Å². The van der Waals surface area contributed by atoms with Crippen LogP contribution in [0.5, 0.6) is 0 Å². The molecule has 198 valence electrons. The number of piperidine rings is 1. The molecule has 37 heavy (non-hydrogen) atoms. The number of methoxy groups -OCH3 is 2. The standard InChI is InChI=1S/C13H15ClFNO2.C13H9ClFNO2.ClH/c2*1-18-13(17)9-4-5-16-12(7-9)8-2-3-10(14)11(15)6-8;/h2-3,6,9,12,16H,4-5,7H2,1H3;2-7H,1H3;1H. The fourth-order valence-electron chi connectivity index (χ4n) is 3.77. The second-order valence-electron chi connectivity index (χ2n) is 7.97. The van der Waals surface area contributed by atoms with Gasteiger partial charge < -0.3 is 14.8 Å². The number of pyridine rings is 1. The summed E-state index contributed by atoms with van der Waals surface area (Å²) in [5.74, 6) is -1.75. The number of carbonyl (C=O) groups excluding carboxylic acids is 2. The molecule has 0 saturated carbocycles. The van der Waals surface area contributed by atoms with Crippen molar-refractivity contribution in [2.45, 2.75) is 18.9 Å². The highest BCUT2D eigenvalue weighted by Crippen LogP contribution is 2.30. The van der Waals surface area contributed by atoms with E-state index in [-0.39, 0.29) is 40.4 Å². The van der Waals surface area contributed by atoms with Crippen LogP contribution in [0.3, 0.4) is 0 Å². The lowest BCUT2D eigenvalue weighted by Crippen LogP contribution is -2.35. The van der Waals surface area contributed by atoms with E-state index < -0.39 is 17.6 Å². The molecule has 1 N–H and O–H groups in total. The van der Waals surface area contributed by atoms with E-state index in [1.165, 1.54) is 56.8 Å². The molecule has 2 atom stereocenters. The van der Waals surface area contributed by atoms with Crippen molar-refractivity contribution in [3.63, 3.8) is 0 Å². The van der Waals surface area contributed by atoms with Gasteiger partial charge in [0, 0.05) is 17.8 Å². The Kier molecular flexibility index (Phi) is 11.7. The van der Waals surface area contributed by atoms with Crippen molar-refractivity contribution in [1.29, 1.82) is 0 Å². The van der Waals surface area contributed by atoms with Crippen molar-refractivity contribution < 1.29 is 27.8 Å². The average Bonchev–Trinajstić information content (AvgIpc) is 2.91. The van der Waals surface area contributed by atoms with Crippen LogP contribution in [0.1, 0.15) is 34.8 Å². The largest absolute Gasteiger partial charge is 0.469 e. The second kappa shape index (κ2) is 14.2. The Labute approximate surface area is 229 Å². The molecule has 3 aromatic rings. The molecule has 6 nitrogen and oxygen atoms in total. The molecule has 0 bridgehead atoms. The minimum absolute atomic E-state index is 0. The summed E-state index contributed by atoms with van der Waals surface area (Å²) in [6.45, 7) is 0.717. The maximum Gasteiger partial charge on any atom is 0.337 e. The third-order valence-electron chi connectivity index (χ3n) is 5.68. The maximum absolute atomic E-state index is 13.4. The van der Waals surface area contributed by atoms with E-state index in [0.29, 0.717) is 29.8 Å². The summed E-state index contributed by atoms with van der Waals surface area (Å²) in [5.41, 5.74) is 2.19. The van der Waals surface area contributed by atoms with Crippen molar-refractivity contribution in [2.75, 3.05) is 20.8 Å². The Morgan fingerprint density at radius 3 is 2.27 bits per heavy atom. The number of halogens is 5. The number of nitrogens with zero attached hydrogens (tertiary/aromatic N) is 1. The number of hydrogen-bond acceptors (Lipinski definition) is 6. The van der Waals surface area contributed by atoms with Gasteiger partial charge in [0.2, 0.25) is 0 Å². The monoisotopic (exact) mass is 572 g/mol. The van der Waals surface area contributed by atoms with Gasteiger partial charge in [-0.05, 0) is 61.3 Å². The molecule has 4 rings (SSSR count). The molecule has 0 radical (unpaired) electrons. The van der Waals surface area contributed by atoms with Crippen LogP contribution >= 0.6 is 35.6 Å². The third-order valence-corrected chi connectivity index (χ3v) is 6.29. The predicted molar refractivity (Wildman–Crippen MR) is 140 cm³/mol. The van der Waals surface area contributed by atoms with Gasteiger partial charge in [-0.2, -0.15) is 0 Å². The summed E-state index contributed by atoms with van der Waals surface area (Å²) in [6, 6.07) is 12.1. The van der Waals surface area contributed by atoms with Crippen LogP contribution < -0.4 is 5.32 Å². The molecule has 1 fully saturated rings. The summed E-state index contributed by atoms with van der Waals surface area (Å²) in [7, 11) is 2.69. The summed E-state index contributed by atoms with van der Waals surface area (Å²) < 4.78 is 36.1. The molecular weight excluding hydrogens is 549 g/mol. The Balaban J connectivity index is 0.000000253. The first-order chi connectivity index (χ1) is 17.2. The van der Waals surface area contributed by atoms with E-state index in [9.17, 15) is 18.4 Å². The van der Waals surface area contributed by atoms with Gasteiger partial charge in [0.25, 0.3) is 0 Å². The lowest BCUT2D eigenvalue weighted by Gasteiger charge is -2.29. The first kappa shape index (κ1) is 30.4. The van der Waals surface area contributed by atoms with Crippen LogP contribution in [-0.4, -0.2) is 37.7 Å². The molecule has 0 spiro atoms. The molecular formula is C26H25Cl3F2N2O4. The van der Waals surface area contributed by atoms with Crippen LogP contribution in [0.15, 0.2) is 54.7 Å². The van der Waals surface area contributed by atoms with E-state index in [1.54, 1.807) is 12.1 Å². The Morgan fingerprint density at radius 2 is 1.65 bits per heavy atom. The second-order valence-corrected chi connectivity index (χ2v) is 8.79. The SMILES string of the molecule is COC(=O)C1CCNC(c2ccc(Cl)c(F)c2)C1.COC(=O)c1ccnc(-c2ccc(Cl)c(F)c2)c1.Cl. The zero-order valence-electron chi connectivity index (χ0n) is 20.0. The molecule has 1 aliphatic rings. The van der Waals surface area contributed by atoms with Gasteiger partial charge in [0.15, 0.2) is 0 Å². The highest BCUT2D eigenvalue weighted by Gasteiger charge is 2.28. The molecule has 1 aliphatic heterocycles. The molecule has 0 aliphatic carbocycles. The van der Waals surface area contributed by atoms with Crippen LogP contribution in [0.2, 0.25) is 10.0 Å². The van der Waals surface area contributed by atoms with Crippen LogP contribution in [0.25, 0.3) is 11.3 Å². The number of hydrogen-bond donors (Lipinski definition) is 1. The van der Waals surface area contributed by atoms with Gasteiger partial charge in [-0.25, -0.2) is 13.6 Å². The third kappa shape index (κ3) is 8.10. The fraction of sp³-hybridized carbons (Fsp3) is 0.269. The lowest BCUT2D eigenvalue weighted by molar-refractivity contribution is -0.146. The van der Waals surface area contributed by atoms with Gasteiger partial charge >= 0.3 is 11.9 Å². The highest BCUT2D eigenvalue weighted by atomic mass is 35.5. The molecule has 2 unspecified atom stereocenters. The number of esters is 2. The summed E-state index contributed by atoms with van der Waals surface area (Å²) in [4.78, 5) is 27.0. The first-order valence-electron chi connectivity index (χ1n) is 11.0. The molecule has 2 heterocycles. The van der Waals surface area contributed by atoms with Gasteiger partial charge in [-0.3, -0.25) is 9.78 Å². The predicted octanol–water partition coefficient (Wildman–Crippen LogP) is 6.44. The smallest absolute Gasteiger partial charge is 0.337 e. The highest BCUT2D eigenvalue weighted by molar-refractivity contribution is 6.31. The number of carbonyl (C=O) groups is 2. The van der Waals surface area contributed by atoms with E-state index in [1.807, 2.05) is 0 Å². The van der Waals surface area contributed by atoms with Crippen molar-refractivity contribution in [1.82, 2.24) is 10.3 Å². The minimum atomic E-state index is -0.528. The van der Waals surface area contributed by atoms with Gasteiger partial charge in [-0.1, -0.05) is 35.3 Å². The summed E-state index contributed by atoms with van der Waals surface area (Å²) >= 11 is 11.3. The normalized spacial score (nSPS) is 16.5. The lowest BCUT2D eigenvalue weighted by atomic mass is 9.89. The number of aromatic nitrogens is 1. The molecule has 0 amide bonds. The van der Waals surface area contributed by atoms with Gasteiger partial charge in [0.05, 0.1) is 41.4 Å². The van der Waals surface area contributed by atoms with E-state index in [0.717, 1.165) is 12.0 Å². The average molecular weight is 574 g/mol. The maximum atomic E-state index is 13.4. The van der Waals surface area contributed by atoms with Crippen LogP contribution in [0, 0.1) is 17.6 Å². The van der Waals surface area contributed by atoms with E-state index in [4.69, 9.17) is 27.9 Å². The number of benzene rings is 2. The Hall–Kier alpha value is -2.78. The fourth-order valence-corrected chi connectivity index (χ4v) is 4.01. The molecule has 1 aromatic heterocycles. The number of rotatable bonds is 4. The van der Waals surface area contributed by atoms with Gasteiger partial charge in [0.1, 0.15) is 11.6 Å². The molecule has 2 aromatic carbocycles. The minimum Gasteiger partial charge on any atom is -0.469 e.